The van der Waals surface area contributed by atoms with Gasteiger partial charge in [-0.2, -0.15) is 0 Å². The summed E-state index contributed by atoms with van der Waals surface area (Å²) in [7, 11) is 0. The van der Waals surface area contributed by atoms with Gasteiger partial charge in [0.2, 0.25) is 0 Å². The molecule has 0 spiro atoms. The van der Waals surface area contributed by atoms with Crippen molar-refractivity contribution in [2.75, 3.05) is 11.9 Å². The van der Waals surface area contributed by atoms with Crippen LogP contribution in [0.4, 0.5) is 11.4 Å². The predicted molar refractivity (Wildman–Crippen MR) is 112 cm³/mol. The summed E-state index contributed by atoms with van der Waals surface area (Å²) in [5, 5.41) is 14.3. The molecule has 0 aliphatic heterocycles. The van der Waals surface area contributed by atoms with Crippen molar-refractivity contribution in [1.82, 2.24) is 4.98 Å². The molecule has 1 aromatic heterocycles. The fraction of sp³-hybridized carbons (Fsp3) is 0.0476. The number of rotatable bonds is 6. The molecule has 8 heteroatoms. The molecule has 0 atom stereocenters. The second-order valence-electron chi connectivity index (χ2n) is 6.16. The molecule has 0 unspecified atom stereocenters. The lowest BCUT2D eigenvalue weighted by Crippen LogP contribution is -2.20. The van der Waals surface area contributed by atoms with Crippen molar-refractivity contribution in [3.63, 3.8) is 0 Å². The molecule has 7 nitrogen and oxygen atoms in total. The summed E-state index contributed by atoms with van der Waals surface area (Å²) in [5.74, 6) is 0.0544. The number of nitro benzene ring substituents is 1. The number of carbonyl (C=O) groups excluding carboxylic acids is 1. The van der Waals surface area contributed by atoms with Crippen LogP contribution in [0.15, 0.2) is 72.8 Å². The number of benzene rings is 3. The molecule has 29 heavy (non-hydrogen) atoms. The van der Waals surface area contributed by atoms with Crippen molar-refractivity contribution in [1.29, 1.82) is 0 Å². The summed E-state index contributed by atoms with van der Waals surface area (Å²) in [6.45, 7) is -0.205. The Kier molecular flexibility index (Phi) is 5.17. The van der Waals surface area contributed by atoms with Crippen LogP contribution in [0.5, 0.6) is 5.75 Å². The fourth-order valence-corrected chi connectivity index (χ4v) is 3.70. The summed E-state index contributed by atoms with van der Waals surface area (Å²) in [4.78, 5) is 27.0. The van der Waals surface area contributed by atoms with Gasteiger partial charge in [0.1, 0.15) is 10.8 Å². The molecule has 0 saturated carbocycles. The lowest BCUT2D eigenvalue weighted by atomic mass is 10.2. The van der Waals surface area contributed by atoms with Crippen molar-refractivity contribution in [2.45, 2.75) is 0 Å². The number of nitrogens with zero attached hydrogens (tertiary/aromatic N) is 2. The largest absolute Gasteiger partial charge is 0.484 e. The highest BCUT2D eigenvalue weighted by molar-refractivity contribution is 7.21. The summed E-state index contributed by atoms with van der Waals surface area (Å²) < 4.78 is 6.49. The Bertz CT molecular complexity index is 1150. The molecule has 1 N–H and O–H groups in total. The van der Waals surface area contributed by atoms with Crippen LogP contribution in [0.1, 0.15) is 0 Å². The quantitative estimate of drug-likeness (QED) is 0.364. The molecule has 3 aromatic carbocycles. The lowest BCUT2D eigenvalue weighted by Gasteiger charge is -2.08. The van der Waals surface area contributed by atoms with Gasteiger partial charge in [-0.05, 0) is 36.4 Å². The summed E-state index contributed by atoms with van der Waals surface area (Å²) in [5.41, 5.74) is 2.46. The van der Waals surface area contributed by atoms with E-state index in [9.17, 15) is 14.9 Å². The highest BCUT2D eigenvalue weighted by Crippen LogP contribution is 2.31. The number of carbonyl (C=O) groups is 1. The Labute approximate surface area is 169 Å². The van der Waals surface area contributed by atoms with Gasteiger partial charge >= 0.3 is 0 Å². The second kappa shape index (κ2) is 8.07. The Morgan fingerprint density at radius 3 is 2.62 bits per heavy atom. The molecule has 0 aliphatic carbocycles. The van der Waals surface area contributed by atoms with Gasteiger partial charge in [0.25, 0.3) is 11.6 Å². The maximum Gasteiger partial charge on any atom is 0.269 e. The number of hydrogen-bond donors (Lipinski definition) is 1. The van der Waals surface area contributed by atoms with Gasteiger partial charge < -0.3 is 10.1 Å². The zero-order valence-electron chi connectivity index (χ0n) is 15.1. The number of non-ortho nitro benzene ring substituents is 1. The molecular formula is C21H15N3O4S. The van der Waals surface area contributed by atoms with Gasteiger partial charge in [-0.1, -0.05) is 24.3 Å². The number of thiazole rings is 1. The molecule has 0 fully saturated rings. The third-order valence-electron chi connectivity index (χ3n) is 4.10. The minimum absolute atomic E-state index is 0.0338. The van der Waals surface area contributed by atoms with E-state index in [1.165, 1.54) is 24.3 Å². The fourth-order valence-electron chi connectivity index (χ4n) is 2.74. The molecule has 0 radical (unpaired) electrons. The van der Waals surface area contributed by atoms with E-state index in [4.69, 9.17) is 4.74 Å². The first kappa shape index (κ1) is 18.6. The number of fused-ring (bicyclic) bond motifs is 1. The number of hydrogen-bond acceptors (Lipinski definition) is 6. The summed E-state index contributed by atoms with van der Waals surface area (Å²) in [6, 6.07) is 21.0. The first-order valence-electron chi connectivity index (χ1n) is 8.71. The van der Waals surface area contributed by atoms with E-state index < -0.39 is 4.92 Å². The second-order valence-corrected chi connectivity index (χ2v) is 7.19. The van der Waals surface area contributed by atoms with E-state index in [1.807, 2.05) is 42.5 Å². The minimum Gasteiger partial charge on any atom is -0.484 e. The van der Waals surface area contributed by atoms with E-state index in [1.54, 1.807) is 17.4 Å². The smallest absolute Gasteiger partial charge is 0.269 e. The van der Waals surface area contributed by atoms with E-state index in [2.05, 4.69) is 10.3 Å². The number of anilines is 1. The third-order valence-corrected chi connectivity index (χ3v) is 5.19. The Morgan fingerprint density at radius 2 is 1.86 bits per heavy atom. The van der Waals surface area contributed by atoms with Crippen LogP contribution in [-0.2, 0) is 4.79 Å². The standard InChI is InChI=1S/C21H15N3O4S/c25-20(13-28-17-10-8-16(9-11-17)24(26)27)22-15-5-3-4-14(12-15)21-23-18-6-1-2-7-19(18)29-21/h1-12H,13H2,(H,22,25). The van der Waals surface area contributed by atoms with Crippen molar-refractivity contribution in [3.8, 4) is 16.3 Å². The minimum atomic E-state index is -0.491. The van der Waals surface area contributed by atoms with Crippen LogP contribution in [0.25, 0.3) is 20.8 Å². The predicted octanol–water partition coefficient (Wildman–Crippen LogP) is 4.89. The highest BCUT2D eigenvalue weighted by Gasteiger charge is 2.09. The van der Waals surface area contributed by atoms with Gasteiger partial charge in [0, 0.05) is 23.4 Å². The van der Waals surface area contributed by atoms with E-state index in [0.717, 1.165) is 20.8 Å². The van der Waals surface area contributed by atoms with Gasteiger partial charge in [-0.25, -0.2) is 4.98 Å². The van der Waals surface area contributed by atoms with E-state index in [0.29, 0.717) is 11.4 Å². The van der Waals surface area contributed by atoms with Crippen LogP contribution in [0, 0.1) is 10.1 Å². The monoisotopic (exact) mass is 405 g/mol. The number of aromatic nitrogens is 1. The Balaban J connectivity index is 1.40. The Morgan fingerprint density at radius 1 is 1.07 bits per heavy atom. The molecule has 144 valence electrons. The topological polar surface area (TPSA) is 94.4 Å². The van der Waals surface area contributed by atoms with Crippen LogP contribution < -0.4 is 10.1 Å². The van der Waals surface area contributed by atoms with Crippen molar-refractivity contribution in [2.24, 2.45) is 0 Å². The number of ether oxygens (including phenoxy) is 1. The normalized spacial score (nSPS) is 10.6. The third kappa shape index (κ3) is 4.39. The maximum absolute atomic E-state index is 12.2. The molecule has 1 amide bonds. The number of para-hydroxylation sites is 1. The molecule has 1 heterocycles. The van der Waals surface area contributed by atoms with Gasteiger partial charge in [-0.3, -0.25) is 14.9 Å². The average Bonchev–Trinajstić information content (AvgIpc) is 3.17. The first-order valence-corrected chi connectivity index (χ1v) is 9.53. The molecule has 4 rings (SSSR count). The zero-order chi connectivity index (χ0) is 20.2. The van der Waals surface area contributed by atoms with E-state index >= 15 is 0 Å². The SMILES string of the molecule is O=C(COc1ccc([N+](=O)[O-])cc1)Nc1cccc(-c2nc3ccccc3s2)c1. The molecule has 0 aliphatic rings. The lowest BCUT2D eigenvalue weighted by molar-refractivity contribution is -0.384. The number of amides is 1. The molecule has 0 saturated heterocycles. The van der Waals surface area contributed by atoms with Crippen molar-refractivity contribution in [3.05, 3.63) is 82.9 Å². The van der Waals surface area contributed by atoms with Crippen LogP contribution >= 0.6 is 11.3 Å². The van der Waals surface area contributed by atoms with Crippen molar-refractivity contribution < 1.29 is 14.5 Å². The van der Waals surface area contributed by atoms with Crippen molar-refractivity contribution >= 4 is 38.8 Å². The van der Waals surface area contributed by atoms with Crippen LogP contribution in [0.2, 0.25) is 0 Å². The summed E-state index contributed by atoms with van der Waals surface area (Å²) in [6.07, 6.45) is 0. The maximum atomic E-state index is 12.2. The van der Waals surface area contributed by atoms with Crippen LogP contribution in [0.3, 0.4) is 0 Å². The average molecular weight is 405 g/mol. The van der Waals surface area contributed by atoms with Gasteiger partial charge in [0.15, 0.2) is 6.61 Å². The van der Waals surface area contributed by atoms with Gasteiger partial charge in [-0.15, -0.1) is 11.3 Å². The van der Waals surface area contributed by atoms with Crippen LogP contribution in [-0.4, -0.2) is 22.4 Å². The van der Waals surface area contributed by atoms with E-state index in [-0.39, 0.29) is 18.2 Å². The Hall–Kier alpha value is -3.78. The number of nitrogens with one attached hydrogen (secondary N) is 1. The summed E-state index contributed by atoms with van der Waals surface area (Å²) >= 11 is 1.59. The van der Waals surface area contributed by atoms with Gasteiger partial charge in [0.05, 0.1) is 15.1 Å². The molecular weight excluding hydrogens is 390 g/mol. The number of nitro groups is 1. The zero-order valence-corrected chi connectivity index (χ0v) is 15.9. The molecule has 4 aromatic rings. The first-order chi connectivity index (χ1) is 14.1. The molecule has 0 bridgehead atoms. The highest BCUT2D eigenvalue weighted by atomic mass is 32.1.